The van der Waals surface area contributed by atoms with Gasteiger partial charge in [-0.25, -0.2) is 4.99 Å². The lowest BCUT2D eigenvalue weighted by molar-refractivity contribution is 0.373. The Morgan fingerprint density at radius 3 is 2.83 bits per heavy atom. The van der Waals surface area contributed by atoms with E-state index < -0.39 is 0 Å². The normalized spacial score (nSPS) is 13.8. The first kappa shape index (κ1) is 12.2. The number of benzene rings is 1. The van der Waals surface area contributed by atoms with E-state index in [1.165, 1.54) is 0 Å². The lowest BCUT2D eigenvalue weighted by Gasteiger charge is -2.16. The van der Waals surface area contributed by atoms with E-state index in [2.05, 4.69) is 36.9 Å². The maximum atomic E-state index is 5.76. The van der Waals surface area contributed by atoms with Crippen LogP contribution in [0.3, 0.4) is 0 Å². The number of hydrogen-bond donors (Lipinski definition) is 1. The third-order valence-corrected chi connectivity index (χ3v) is 5.84. The van der Waals surface area contributed by atoms with Crippen LogP contribution in [-0.4, -0.2) is 12.3 Å². The van der Waals surface area contributed by atoms with Crippen LogP contribution in [0.4, 0.5) is 11.4 Å². The second kappa shape index (κ2) is 4.68. The second-order valence-electron chi connectivity index (χ2n) is 3.81. The van der Waals surface area contributed by atoms with Crippen LogP contribution in [0.25, 0.3) is 0 Å². The molecule has 92 valence electrons. The van der Waals surface area contributed by atoms with E-state index in [9.17, 15) is 0 Å². The average molecular weight is 388 g/mol. The minimum atomic E-state index is 0.482. The van der Waals surface area contributed by atoms with E-state index in [4.69, 9.17) is 10.5 Å². The number of fused-ring (bicyclic) bond motifs is 1. The quantitative estimate of drug-likeness (QED) is 0.738. The second-order valence-corrected chi connectivity index (χ2v) is 7.03. The van der Waals surface area contributed by atoms with Crippen molar-refractivity contribution in [2.24, 2.45) is 4.99 Å². The van der Waals surface area contributed by atoms with Crippen LogP contribution >= 0.6 is 43.2 Å². The number of halogens is 2. The molecule has 2 aromatic rings. The van der Waals surface area contributed by atoms with Gasteiger partial charge in [0.25, 0.3) is 0 Å². The van der Waals surface area contributed by atoms with Gasteiger partial charge < -0.3 is 10.5 Å². The molecule has 0 fully saturated rings. The summed E-state index contributed by atoms with van der Waals surface area (Å²) in [4.78, 5) is 5.70. The van der Waals surface area contributed by atoms with Crippen molar-refractivity contribution in [2.45, 2.75) is 0 Å². The molecule has 1 aromatic heterocycles. The van der Waals surface area contributed by atoms with Crippen LogP contribution in [0.5, 0.6) is 5.75 Å². The van der Waals surface area contributed by atoms with Crippen molar-refractivity contribution in [1.82, 2.24) is 0 Å². The molecule has 0 saturated carbocycles. The number of anilines is 1. The molecular weight excluding hydrogens is 380 g/mol. The van der Waals surface area contributed by atoms with Gasteiger partial charge in [-0.05, 0) is 56.1 Å². The van der Waals surface area contributed by atoms with Crippen molar-refractivity contribution >= 4 is 60.3 Å². The summed E-state index contributed by atoms with van der Waals surface area (Å²) in [5, 5.41) is 0. The molecule has 0 bridgehead atoms. The molecule has 1 aromatic carbocycles. The van der Waals surface area contributed by atoms with Crippen molar-refractivity contribution in [3.05, 3.63) is 37.4 Å². The fourth-order valence-electron chi connectivity index (χ4n) is 1.68. The first-order valence-corrected chi connectivity index (χ1v) is 7.59. The Bertz CT molecular complexity index is 632. The summed E-state index contributed by atoms with van der Waals surface area (Å²) in [7, 11) is 0. The highest BCUT2D eigenvalue weighted by molar-refractivity contribution is 9.13. The Balaban J connectivity index is 2.05. The highest BCUT2D eigenvalue weighted by Crippen LogP contribution is 2.37. The predicted molar refractivity (Wildman–Crippen MR) is 82.3 cm³/mol. The molecule has 1 aliphatic heterocycles. The van der Waals surface area contributed by atoms with Crippen LogP contribution in [-0.2, 0) is 0 Å². The van der Waals surface area contributed by atoms with Gasteiger partial charge in [0, 0.05) is 10.2 Å². The molecule has 0 atom stereocenters. The molecule has 0 amide bonds. The summed E-state index contributed by atoms with van der Waals surface area (Å²) >= 11 is 8.58. The van der Waals surface area contributed by atoms with Crippen LogP contribution in [0, 0.1) is 0 Å². The first-order valence-electron chi connectivity index (χ1n) is 5.18. The molecule has 2 N–H and O–H groups in total. The Morgan fingerprint density at radius 1 is 1.28 bits per heavy atom. The van der Waals surface area contributed by atoms with E-state index in [-0.39, 0.29) is 0 Å². The molecule has 0 spiro atoms. The van der Waals surface area contributed by atoms with E-state index >= 15 is 0 Å². The van der Waals surface area contributed by atoms with Crippen molar-refractivity contribution in [3.8, 4) is 5.75 Å². The molecular formula is C12H8Br2N2OS. The smallest absolute Gasteiger partial charge is 0.145 e. The summed E-state index contributed by atoms with van der Waals surface area (Å²) < 4.78 is 7.77. The van der Waals surface area contributed by atoms with Crippen LogP contribution in [0.2, 0.25) is 0 Å². The molecule has 2 heterocycles. The maximum absolute atomic E-state index is 5.76. The third kappa shape index (κ3) is 2.20. The Hall–Kier alpha value is -0.850. The molecule has 0 saturated heterocycles. The summed E-state index contributed by atoms with van der Waals surface area (Å²) in [6, 6.07) is 7.53. The largest absolute Gasteiger partial charge is 0.485 e. The molecule has 18 heavy (non-hydrogen) atoms. The van der Waals surface area contributed by atoms with Gasteiger partial charge in [-0.15, -0.1) is 11.3 Å². The Kier molecular flexibility index (Phi) is 3.17. The van der Waals surface area contributed by atoms with Gasteiger partial charge in [0.05, 0.1) is 14.4 Å². The van der Waals surface area contributed by atoms with E-state index in [0.29, 0.717) is 12.3 Å². The number of aliphatic imine (C=N–C) groups is 1. The van der Waals surface area contributed by atoms with Gasteiger partial charge >= 0.3 is 0 Å². The zero-order valence-corrected chi connectivity index (χ0v) is 13.1. The van der Waals surface area contributed by atoms with E-state index in [1.54, 1.807) is 11.3 Å². The molecule has 0 unspecified atom stereocenters. The number of nitrogens with zero attached hydrogens (tertiary/aromatic N) is 1. The van der Waals surface area contributed by atoms with Gasteiger partial charge in [0.15, 0.2) is 0 Å². The molecule has 0 radical (unpaired) electrons. The van der Waals surface area contributed by atoms with Crippen LogP contribution in [0.1, 0.15) is 4.88 Å². The topological polar surface area (TPSA) is 47.6 Å². The summed E-state index contributed by atoms with van der Waals surface area (Å²) in [5.41, 5.74) is 8.16. The van der Waals surface area contributed by atoms with Crippen molar-refractivity contribution in [1.29, 1.82) is 0 Å². The van der Waals surface area contributed by atoms with Gasteiger partial charge in [-0.1, -0.05) is 0 Å². The zero-order valence-electron chi connectivity index (χ0n) is 9.11. The molecule has 0 aliphatic carbocycles. The van der Waals surface area contributed by atoms with E-state index in [1.807, 2.05) is 24.3 Å². The van der Waals surface area contributed by atoms with Crippen LogP contribution < -0.4 is 10.5 Å². The molecule has 1 aliphatic rings. The number of ether oxygens (including phenoxy) is 1. The summed E-state index contributed by atoms with van der Waals surface area (Å²) in [5.74, 6) is 0.780. The summed E-state index contributed by atoms with van der Waals surface area (Å²) in [6.45, 7) is 0.482. The van der Waals surface area contributed by atoms with E-state index in [0.717, 1.165) is 30.3 Å². The minimum Gasteiger partial charge on any atom is -0.485 e. The lowest BCUT2D eigenvalue weighted by Crippen LogP contribution is -2.15. The van der Waals surface area contributed by atoms with Crippen LogP contribution in [0.15, 0.2) is 37.5 Å². The summed E-state index contributed by atoms with van der Waals surface area (Å²) in [6.07, 6.45) is 0. The predicted octanol–water partition coefficient (Wildman–Crippen LogP) is 4.37. The highest BCUT2D eigenvalue weighted by Gasteiger charge is 2.17. The average Bonchev–Trinajstić information content (AvgIpc) is 2.69. The van der Waals surface area contributed by atoms with Gasteiger partial charge in [-0.3, -0.25) is 0 Å². The molecule has 3 rings (SSSR count). The molecule has 6 heteroatoms. The fourth-order valence-corrected chi connectivity index (χ4v) is 3.69. The van der Waals surface area contributed by atoms with Crippen molar-refractivity contribution in [2.75, 3.05) is 12.3 Å². The zero-order chi connectivity index (χ0) is 12.7. The lowest BCUT2D eigenvalue weighted by atomic mass is 10.2. The third-order valence-electron chi connectivity index (χ3n) is 2.53. The number of nitrogens with two attached hydrogens (primary N) is 1. The highest BCUT2D eigenvalue weighted by atomic mass is 79.9. The first-order chi connectivity index (χ1) is 8.63. The van der Waals surface area contributed by atoms with Gasteiger partial charge in [0.1, 0.15) is 18.0 Å². The van der Waals surface area contributed by atoms with Gasteiger partial charge in [-0.2, -0.15) is 0 Å². The number of nitrogen functional groups attached to an aromatic ring is 1. The standard InChI is InChI=1S/C12H8Br2N2OS/c13-7-4-11(18-12(7)14)9-5-17-10-2-1-6(15)3-8(10)16-9/h1-4H,5,15H2. The number of hydrogen-bond acceptors (Lipinski definition) is 4. The van der Waals surface area contributed by atoms with Gasteiger partial charge in [0.2, 0.25) is 0 Å². The fraction of sp³-hybridized carbons (Fsp3) is 0.0833. The maximum Gasteiger partial charge on any atom is 0.145 e. The van der Waals surface area contributed by atoms with Crippen molar-refractivity contribution < 1.29 is 4.74 Å². The van der Waals surface area contributed by atoms with Crippen molar-refractivity contribution in [3.63, 3.8) is 0 Å². The number of thiophene rings is 1. The Labute approximate surface area is 125 Å². The SMILES string of the molecule is Nc1ccc2c(c1)N=C(c1cc(Br)c(Br)s1)CO2. The molecule has 3 nitrogen and oxygen atoms in total. The monoisotopic (exact) mass is 386 g/mol. The minimum absolute atomic E-state index is 0.482. The number of rotatable bonds is 1. The Morgan fingerprint density at radius 2 is 2.11 bits per heavy atom.